The number of rotatable bonds is 3. The number of nitrogens with one attached hydrogen (secondary N) is 1. The van der Waals surface area contributed by atoms with E-state index in [-0.39, 0.29) is 11.6 Å². The molecule has 0 radical (unpaired) electrons. The fourth-order valence-electron chi connectivity index (χ4n) is 1.55. The Labute approximate surface area is 108 Å². The van der Waals surface area contributed by atoms with Crippen molar-refractivity contribution in [2.45, 2.75) is 0 Å². The highest BCUT2D eigenvalue weighted by Gasteiger charge is 2.13. The molecule has 6 heteroatoms. The summed E-state index contributed by atoms with van der Waals surface area (Å²) in [7, 11) is 0. The van der Waals surface area contributed by atoms with Crippen LogP contribution in [0.2, 0.25) is 0 Å². The van der Waals surface area contributed by atoms with Crippen LogP contribution < -0.4 is 5.32 Å². The van der Waals surface area contributed by atoms with E-state index in [0.29, 0.717) is 11.4 Å². The van der Waals surface area contributed by atoms with Crippen molar-refractivity contribution >= 4 is 11.8 Å². The predicted molar refractivity (Wildman–Crippen MR) is 66.4 cm³/mol. The van der Waals surface area contributed by atoms with Gasteiger partial charge in [0.1, 0.15) is 5.69 Å². The van der Waals surface area contributed by atoms with E-state index in [0.717, 1.165) is 0 Å². The Morgan fingerprint density at radius 2 is 2.11 bits per heavy atom. The summed E-state index contributed by atoms with van der Waals surface area (Å²) in [6.45, 7) is 0. The van der Waals surface area contributed by atoms with E-state index in [1.54, 1.807) is 30.5 Å². The molecule has 3 aromatic rings. The molecule has 0 saturated carbocycles. The zero-order chi connectivity index (χ0) is 13.1. The van der Waals surface area contributed by atoms with Gasteiger partial charge in [0.2, 0.25) is 5.88 Å². The third-order valence-corrected chi connectivity index (χ3v) is 2.42. The highest BCUT2D eigenvalue weighted by atomic mass is 16.5. The molecule has 0 aliphatic rings. The summed E-state index contributed by atoms with van der Waals surface area (Å²) < 4.78 is 10.00. The molecule has 1 N–H and O–H groups in total. The van der Waals surface area contributed by atoms with E-state index in [1.807, 2.05) is 12.1 Å². The standard InChI is InChI=1S/C13H9N3O3/c17-13(11-5-3-7-18-11)15-12-8-10(16-19-12)9-4-1-2-6-14-9/h1-8H,(H,15,17). The van der Waals surface area contributed by atoms with Gasteiger partial charge in [-0.15, -0.1) is 0 Å². The van der Waals surface area contributed by atoms with Crippen molar-refractivity contribution in [3.63, 3.8) is 0 Å². The second kappa shape index (κ2) is 4.77. The molecule has 0 atom stereocenters. The maximum atomic E-state index is 11.7. The summed E-state index contributed by atoms with van der Waals surface area (Å²) in [5, 5.41) is 6.38. The number of nitrogens with zero attached hydrogens (tertiary/aromatic N) is 2. The van der Waals surface area contributed by atoms with Crippen LogP contribution in [0.4, 0.5) is 5.88 Å². The third kappa shape index (κ3) is 2.37. The smallest absolute Gasteiger partial charge is 0.293 e. The van der Waals surface area contributed by atoms with Crippen LogP contribution in [0.5, 0.6) is 0 Å². The van der Waals surface area contributed by atoms with Crippen LogP contribution in [-0.4, -0.2) is 16.0 Å². The van der Waals surface area contributed by atoms with Crippen molar-refractivity contribution in [1.29, 1.82) is 0 Å². The summed E-state index contributed by atoms with van der Waals surface area (Å²) in [4.78, 5) is 15.9. The van der Waals surface area contributed by atoms with Gasteiger partial charge in [0.25, 0.3) is 5.91 Å². The average Bonchev–Trinajstić information content (AvgIpc) is 3.11. The van der Waals surface area contributed by atoms with Crippen molar-refractivity contribution in [3.05, 3.63) is 54.6 Å². The van der Waals surface area contributed by atoms with Crippen LogP contribution in [0.15, 0.2) is 57.8 Å². The van der Waals surface area contributed by atoms with E-state index < -0.39 is 5.91 Å². The minimum atomic E-state index is -0.395. The first-order valence-corrected chi connectivity index (χ1v) is 5.56. The molecule has 0 unspecified atom stereocenters. The molecule has 19 heavy (non-hydrogen) atoms. The number of anilines is 1. The van der Waals surface area contributed by atoms with Crippen LogP contribution in [0.25, 0.3) is 11.4 Å². The number of carbonyl (C=O) groups excluding carboxylic acids is 1. The van der Waals surface area contributed by atoms with E-state index in [9.17, 15) is 4.79 Å². The number of carbonyl (C=O) groups is 1. The summed E-state index contributed by atoms with van der Waals surface area (Å²) in [6.07, 6.45) is 3.08. The van der Waals surface area contributed by atoms with Gasteiger partial charge in [-0.05, 0) is 24.3 Å². The highest BCUT2D eigenvalue weighted by molar-refractivity contribution is 6.01. The number of amides is 1. The highest BCUT2D eigenvalue weighted by Crippen LogP contribution is 2.19. The second-order valence-electron chi connectivity index (χ2n) is 3.72. The van der Waals surface area contributed by atoms with E-state index in [1.165, 1.54) is 6.26 Å². The molecular weight excluding hydrogens is 246 g/mol. The van der Waals surface area contributed by atoms with Gasteiger partial charge >= 0.3 is 0 Å². The number of furan rings is 1. The number of aromatic nitrogens is 2. The zero-order valence-corrected chi connectivity index (χ0v) is 9.74. The minimum Gasteiger partial charge on any atom is -0.459 e. The minimum absolute atomic E-state index is 0.204. The van der Waals surface area contributed by atoms with Crippen LogP contribution in [0, 0.1) is 0 Å². The Kier molecular flexibility index (Phi) is 2.82. The van der Waals surface area contributed by atoms with Gasteiger partial charge in [-0.1, -0.05) is 11.2 Å². The Bertz CT molecular complexity index is 674. The zero-order valence-electron chi connectivity index (χ0n) is 9.74. The van der Waals surface area contributed by atoms with Gasteiger partial charge in [0.15, 0.2) is 5.76 Å². The quantitative estimate of drug-likeness (QED) is 0.777. The number of pyridine rings is 1. The Balaban J connectivity index is 1.77. The van der Waals surface area contributed by atoms with Crippen molar-refractivity contribution < 1.29 is 13.7 Å². The molecule has 0 aromatic carbocycles. The number of hydrogen-bond acceptors (Lipinski definition) is 5. The topological polar surface area (TPSA) is 81.2 Å². The van der Waals surface area contributed by atoms with Gasteiger partial charge in [-0.3, -0.25) is 15.1 Å². The SMILES string of the molecule is O=C(Nc1cc(-c2ccccn2)no1)c1ccco1. The van der Waals surface area contributed by atoms with Crippen molar-refractivity contribution in [3.8, 4) is 11.4 Å². The Morgan fingerprint density at radius 3 is 2.84 bits per heavy atom. The van der Waals surface area contributed by atoms with Gasteiger partial charge in [-0.25, -0.2) is 0 Å². The predicted octanol–water partition coefficient (Wildman–Crippen LogP) is 2.58. The van der Waals surface area contributed by atoms with Crippen molar-refractivity contribution in [2.24, 2.45) is 0 Å². The number of hydrogen-bond donors (Lipinski definition) is 1. The lowest BCUT2D eigenvalue weighted by Crippen LogP contribution is -2.09. The molecule has 0 aliphatic heterocycles. The largest absolute Gasteiger partial charge is 0.459 e. The van der Waals surface area contributed by atoms with E-state index >= 15 is 0 Å². The first kappa shape index (κ1) is 11.2. The van der Waals surface area contributed by atoms with Crippen LogP contribution in [0.1, 0.15) is 10.6 Å². The molecule has 1 amide bonds. The lowest BCUT2D eigenvalue weighted by molar-refractivity contribution is 0.0993. The monoisotopic (exact) mass is 255 g/mol. The summed E-state index contributed by atoms with van der Waals surface area (Å²) >= 11 is 0. The van der Waals surface area contributed by atoms with E-state index in [2.05, 4.69) is 15.5 Å². The molecule has 0 fully saturated rings. The first-order chi connectivity index (χ1) is 9.33. The van der Waals surface area contributed by atoms with Gasteiger partial charge in [0, 0.05) is 12.3 Å². The Morgan fingerprint density at radius 1 is 1.16 bits per heavy atom. The lowest BCUT2D eigenvalue weighted by Gasteiger charge is -1.95. The molecule has 0 saturated heterocycles. The normalized spacial score (nSPS) is 10.3. The fraction of sp³-hybridized carbons (Fsp3) is 0. The maximum Gasteiger partial charge on any atom is 0.293 e. The lowest BCUT2D eigenvalue weighted by atomic mass is 10.3. The van der Waals surface area contributed by atoms with Crippen molar-refractivity contribution in [1.82, 2.24) is 10.1 Å². The van der Waals surface area contributed by atoms with Crippen LogP contribution in [0.3, 0.4) is 0 Å². The molecule has 0 bridgehead atoms. The van der Waals surface area contributed by atoms with Crippen molar-refractivity contribution in [2.75, 3.05) is 5.32 Å². The molecule has 0 aliphatic carbocycles. The fourth-order valence-corrected chi connectivity index (χ4v) is 1.55. The molecular formula is C13H9N3O3. The molecule has 3 aromatic heterocycles. The van der Waals surface area contributed by atoms with Crippen LogP contribution >= 0.6 is 0 Å². The maximum absolute atomic E-state index is 11.7. The molecule has 3 rings (SSSR count). The molecule has 94 valence electrons. The Hall–Kier alpha value is -2.89. The summed E-state index contributed by atoms with van der Waals surface area (Å²) in [6, 6.07) is 10.3. The second-order valence-corrected chi connectivity index (χ2v) is 3.72. The average molecular weight is 255 g/mol. The molecule has 0 spiro atoms. The van der Waals surface area contributed by atoms with Gasteiger partial charge in [-0.2, -0.15) is 0 Å². The molecule has 3 heterocycles. The van der Waals surface area contributed by atoms with E-state index in [4.69, 9.17) is 8.94 Å². The summed E-state index contributed by atoms with van der Waals surface area (Å²) in [5.41, 5.74) is 1.22. The third-order valence-electron chi connectivity index (χ3n) is 2.42. The van der Waals surface area contributed by atoms with Gasteiger partial charge in [0.05, 0.1) is 12.0 Å². The first-order valence-electron chi connectivity index (χ1n) is 5.56. The molecule has 6 nitrogen and oxygen atoms in total. The van der Waals surface area contributed by atoms with Crippen LogP contribution in [-0.2, 0) is 0 Å². The summed E-state index contributed by atoms with van der Waals surface area (Å²) in [5.74, 6) is 0.0477. The van der Waals surface area contributed by atoms with Gasteiger partial charge < -0.3 is 8.94 Å².